The van der Waals surface area contributed by atoms with Crippen LogP contribution in [0.15, 0.2) is 35.7 Å². The van der Waals surface area contributed by atoms with Gasteiger partial charge in [0.1, 0.15) is 5.82 Å². The van der Waals surface area contributed by atoms with Crippen molar-refractivity contribution in [2.75, 3.05) is 11.9 Å². The maximum absolute atomic E-state index is 13.8. The molecule has 96 valence electrons. The summed E-state index contributed by atoms with van der Waals surface area (Å²) in [5.74, 6) is 4.52. The summed E-state index contributed by atoms with van der Waals surface area (Å²) in [5, 5.41) is 4.31. The molecule has 1 amide bonds. The third-order valence-electron chi connectivity index (χ3n) is 2.30. The summed E-state index contributed by atoms with van der Waals surface area (Å²) in [6.07, 6.45) is 0. The standard InChI is InChI=1S/C14H11FN2OS/c15-11-9-10(3-1-7-16)5-6-12(11)17-14(18)13-4-2-8-19-13/h2,4-6,8-9H,7,16H2,(H,17,18). The van der Waals surface area contributed by atoms with Crippen LogP contribution in [0.2, 0.25) is 0 Å². The van der Waals surface area contributed by atoms with Crippen molar-refractivity contribution >= 4 is 22.9 Å². The quantitative estimate of drug-likeness (QED) is 0.826. The first-order valence-corrected chi connectivity index (χ1v) is 6.42. The SMILES string of the molecule is NCC#Cc1ccc(NC(=O)c2cccs2)c(F)c1. The number of hydrogen-bond donors (Lipinski definition) is 2. The van der Waals surface area contributed by atoms with Crippen LogP contribution in [0.5, 0.6) is 0 Å². The first-order chi connectivity index (χ1) is 9.20. The van der Waals surface area contributed by atoms with E-state index in [-0.39, 0.29) is 18.1 Å². The number of carbonyl (C=O) groups is 1. The minimum absolute atomic E-state index is 0.136. The number of thiophene rings is 1. The van der Waals surface area contributed by atoms with E-state index in [4.69, 9.17) is 5.73 Å². The maximum atomic E-state index is 13.8. The van der Waals surface area contributed by atoms with Gasteiger partial charge in [0.15, 0.2) is 0 Å². The Hall–Kier alpha value is -2.16. The second-order valence-corrected chi connectivity index (χ2v) is 4.58. The van der Waals surface area contributed by atoms with E-state index in [1.165, 1.54) is 23.5 Å². The molecule has 0 radical (unpaired) electrons. The van der Waals surface area contributed by atoms with E-state index in [9.17, 15) is 9.18 Å². The maximum Gasteiger partial charge on any atom is 0.265 e. The van der Waals surface area contributed by atoms with Crippen molar-refractivity contribution in [1.29, 1.82) is 0 Å². The zero-order valence-corrected chi connectivity index (χ0v) is 10.8. The van der Waals surface area contributed by atoms with Gasteiger partial charge >= 0.3 is 0 Å². The molecule has 0 spiro atoms. The van der Waals surface area contributed by atoms with Gasteiger partial charge in [-0.05, 0) is 29.6 Å². The fourth-order valence-corrected chi connectivity index (χ4v) is 2.06. The number of benzene rings is 1. The molecule has 0 bridgehead atoms. The summed E-state index contributed by atoms with van der Waals surface area (Å²) in [4.78, 5) is 12.3. The Morgan fingerprint density at radius 1 is 1.42 bits per heavy atom. The third-order valence-corrected chi connectivity index (χ3v) is 3.17. The highest BCUT2D eigenvalue weighted by atomic mass is 32.1. The molecule has 0 saturated carbocycles. The summed E-state index contributed by atoms with van der Waals surface area (Å²) in [6.45, 7) is 0.221. The predicted molar refractivity (Wildman–Crippen MR) is 74.6 cm³/mol. The Kier molecular flexibility index (Phi) is 4.29. The molecule has 2 aromatic rings. The second-order valence-electron chi connectivity index (χ2n) is 3.63. The van der Waals surface area contributed by atoms with Crippen LogP contribution in [0, 0.1) is 17.7 Å². The third kappa shape index (κ3) is 3.41. The van der Waals surface area contributed by atoms with Crippen molar-refractivity contribution in [3.63, 3.8) is 0 Å². The molecule has 0 fully saturated rings. The average molecular weight is 274 g/mol. The Bertz CT molecular complexity index is 641. The van der Waals surface area contributed by atoms with E-state index in [1.807, 2.05) is 0 Å². The molecule has 1 aromatic heterocycles. The van der Waals surface area contributed by atoms with E-state index in [0.717, 1.165) is 0 Å². The molecular formula is C14H11FN2OS. The highest BCUT2D eigenvalue weighted by Crippen LogP contribution is 2.17. The first-order valence-electron chi connectivity index (χ1n) is 5.54. The Morgan fingerprint density at radius 3 is 2.89 bits per heavy atom. The number of hydrogen-bond acceptors (Lipinski definition) is 3. The van der Waals surface area contributed by atoms with Crippen LogP contribution >= 0.6 is 11.3 Å². The first kappa shape index (κ1) is 13.3. The molecule has 0 saturated heterocycles. The smallest absolute Gasteiger partial charge is 0.265 e. The molecule has 5 heteroatoms. The number of nitrogens with two attached hydrogens (primary N) is 1. The van der Waals surface area contributed by atoms with Crippen molar-refractivity contribution in [2.45, 2.75) is 0 Å². The normalized spacial score (nSPS) is 9.58. The van der Waals surface area contributed by atoms with Crippen molar-refractivity contribution in [2.24, 2.45) is 5.73 Å². The van der Waals surface area contributed by atoms with Gasteiger partial charge in [-0.2, -0.15) is 0 Å². The second kappa shape index (κ2) is 6.14. The molecular weight excluding hydrogens is 263 g/mol. The van der Waals surface area contributed by atoms with Crippen molar-refractivity contribution < 1.29 is 9.18 Å². The van der Waals surface area contributed by atoms with Crippen molar-refractivity contribution in [3.8, 4) is 11.8 Å². The molecule has 1 aromatic carbocycles. The van der Waals surface area contributed by atoms with Crippen molar-refractivity contribution in [1.82, 2.24) is 0 Å². The minimum Gasteiger partial charge on any atom is -0.320 e. The van der Waals surface area contributed by atoms with Crippen LogP contribution in [-0.4, -0.2) is 12.5 Å². The number of nitrogens with one attached hydrogen (secondary N) is 1. The molecule has 0 aliphatic carbocycles. The summed E-state index contributed by atoms with van der Waals surface area (Å²) in [7, 11) is 0. The summed E-state index contributed by atoms with van der Waals surface area (Å²) in [5.41, 5.74) is 5.90. The van der Waals surface area contributed by atoms with Gasteiger partial charge in [-0.25, -0.2) is 4.39 Å². The summed E-state index contributed by atoms with van der Waals surface area (Å²) >= 11 is 1.30. The number of halogens is 1. The van der Waals surface area contributed by atoms with E-state index < -0.39 is 5.82 Å². The molecule has 0 atom stereocenters. The van der Waals surface area contributed by atoms with Gasteiger partial charge in [-0.1, -0.05) is 17.9 Å². The minimum atomic E-state index is -0.520. The van der Waals surface area contributed by atoms with Crippen LogP contribution in [0.3, 0.4) is 0 Å². The van der Waals surface area contributed by atoms with E-state index in [2.05, 4.69) is 17.2 Å². The van der Waals surface area contributed by atoms with Crippen LogP contribution in [0.25, 0.3) is 0 Å². The largest absolute Gasteiger partial charge is 0.320 e. The monoisotopic (exact) mass is 274 g/mol. The Balaban J connectivity index is 2.15. The molecule has 19 heavy (non-hydrogen) atoms. The average Bonchev–Trinajstić information content (AvgIpc) is 2.93. The van der Waals surface area contributed by atoms with E-state index in [0.29, 0.717) is 10.4 Å². The van der Waals surface area contributed by atoms with Crippen LogP contribution in [0.1, 0.15) is 15.2 Å². The predicted octanol–water partition coefficient (Wildman–Crippen LogP) is 2.45. The molecule has 1 heterocycles. The molecule has 3 N–H and O–H groups in total. The lowest BCUT2D eigenvalue weighted by Crippen LogP contribution is -2.11. The molecule has 0 unspecified atom stereocenters. The van der Waals surface area contributed by atoms with E-state index >= 15 is 0 Å². The van der Waals surface area contributed by atoms with Gasteiger partial charge in [0.25, 0.3) is 5.91 Å². The van der Waals surface area contributed by atoms with Crippen LogP contribution < -0.4 is 11.1 Å². The van der Waals surface area contributed by atoms with Crippen LogP contribution in [-0.2, 0) is 0 Å². The zero-order chi connectivity index (χ0) is 13.7. The molecule has 3 nitrogen and oxygen atoms in total. The lowest BCUT2D eigenvalue weighted by molar-refractivity contribution is 0.103. The summed E-state index contributed by atoms with van der Waals surface area (Å²) < 4.78 is 13.8. The molecule has 0 aliphatic heterocycles. The van der Waals surface area contributed by atoms with Crippen LogP contribution in [0.4, 0.5) is 10.1 Å². The molecule has 2 rings (SSSR count). The number of anilines is 1. The zero-order valence-electron chi connectivity index (χ0n) is 9.94. The highest BCUT2D eigenvalue weighted by Gasteiger charge is 2.10. The fourth-order valence-electron chi connectivity index (χ4n) is 1.44. The summed E-state index contributed by atoms with van der Waals surface area (Å²) in [6, 6.07) is 7.84. The lowest BCUT2D eigenvalue weighted by atomic mass is 10.2. The van der Waals surface area contributed by atoms with Gasteiger partial charge in [-0.15, -0.1) is 11.3 Å². The van der Waals surface area contributed by atoms with Gasteiger partial charge in [0, 0.05) is 5.56 Å². The van der Waals surface area contributed by atoms with Crippen molar-refractivity contribution in [3.05, 3.63) is 52.0 Å². The topological polar surface area (TPSA) is 55.1 Å². The lowest BCUT2D eigenvalue weighted by Gasteiger charge is -2.05. The fraction of sp³-hybridized carbons (Fsp3) is 0.0714. The van der Waals surface area contributed by atoms with Gasteiger partial charge in [0.2, 0.25) is 0 Å². The Morgan fingerprint density at radius 2 is 2.26 bits per heavy atom. The van der Waals surface area contributed by atoms with Gasteiger partial charge in [0.05, 0.1) is 17.1 Å². The number of amides is 1. The van der Waals surface area contributed by atoms with E-state index in [1.54, 1.807) is 23.6 Å². The Labute approximate surface area is 114 Å². The highest BCUT2D eigenvalue weighted by molar-refractivity contribution is 7.12. The number of carbonyl (C=O) groups excluding carboxylic acids is 1. The molecule has 0 aliphatic rings. The van der Waals surface area contributed by atoms with Gasteiger partial charge < -0.3 is 11.1 Å². The van der Waals surface area contributed by atoms with Gasteiger partial charge in [-0.3, -0.25) is 4.79 Å². The number of rotatable bonds is 2.